The SMILES string of the molecule is Clc1cncc(NCCCCN2CCN(c3ccccc3)CC2)n1. The van der Waals surface area contributed by atoms with Gasteiger partial charge in [0, 0.05) is 38.4 Å². The molecule has 0 radical (unpaired) electrons. The van der Waals surface area contributed by atoms with Crippen LogP contribution in [-0.2, 0) is 0 Å². The smallest absolute Gasteiger partial charge is 0.149 e. The van der Waals surface area contributed by atoms with E-state index in [-0.39, 0.29) is 0 Å². The molecule has 2 heterocycles. The Hall–Kier alpha value is -1.85. The van der Waals surface area contributed by atoms with Crippen LogP contribution in [-0.4, -0.2) is 54.1 Å². The van der Waals surface area contributed by atoms with Crippen molar-refractivity contribution in [1.29, 1.82) is 0 Å². The minimum Gasteiger partial charge on any atom is -0.369 e. The van der Waals surface area contributed by atoms with Gasteiger partial charge in [0.1, 0.15) is 11.0 Å². The largest absolute Gasteiger partial charge is 0.369 e. The van der Waals surface area contributed by atoms with E-state index in [4.69, 9.17) is 11.6 Å². The Morgan fingerprint density at radius 1 is 1.00 bits per heavy atom. The van der Waals surface area contributed by atoms with Crippen molar-refractivity contribution < 1.29 is 0 Å². The van der Waals surface area contributed by atoms with E-state index in [1.807, 2.05) is 0 Å². The summed E-state index contributed by atoms with van der Waals surface area (Å²) in [5.41, 5.74) is 1.34. The van der Waals surface area contributed by atoms with Crippen LogP contribution in [0.15, 0.2) is 42.7 Å². The number of hydrogen-bond donors (Lipinski definition) is 1. The molecule has 0 spiro atoms. The van der Waals surface area contributed by atoms with Crippen LogP contribution in [0, 0.1) is 0 Å². The highest BCUT2D eigenvalue weighted by atomic mass is 35.5. The maximum absolute atomic E-state index is 5.82. The first-order valence-corrected chi connectivity index (χ1v) is 8.93. The number of unbranched alkanes of at least 4 members (excludes halogenated alkanes) is 1. The molecule has 1 aliphatic rings. The molecule has 2 aromatic rings. The number of nitrogens with zero attached hydrogens (tertiary/aromatic N) is 4. The number of anilines is 2. The van der Waals surface area contributed by atoms with E-state index in [1.54, 1.807) is 12.4 Å². The maximum atomic E-state index is 5.82. The lowest BCUT2D eigenvalue weighted by Gasteiger charge is -2.36. The molecule has 0 amide bonds. The number of nitrogens with one attached hydrogen (secondary N) is 1. The summed E-state index contributed by atoms with van der Waals surface area (Å²) in [6.07, 6.45) is 5.55. The molecule has 0 bridgehead atoms. The van der Waals surface area contributed by atoms with E-state index in [1.165, 1.54) is 12.1 Å². The summed E-state index contributed by atoms with van der Waals surface area (Å²) in [4.78, 5) is 13.2. The normalized spacial score (nSPS) is 15.5. The van der Waals surface area contributed by atoms with Gasteiger partial charge in [-0.3, -0.25) is 9.88 Å². The molecular formula is C18H24ClN5. The van der Waals surface area contributed by atoms with Crippen molar-refractivity contribution in [1.82, 2.24) is 14.9 Å². The lowest BCUT2D eigenvalue weighted by molar-refractivity contribution is 0.254. The predicted molar refractivity (Wildman–Crippen MR) is 99.9 cm³/mol. The minimum absolute atomic E-state index is 0.427. The third-order valence-electron chi connectivity index (χ3n) is 4.31. The number of benzene rings is 1. The molecule has 1 saturated heterocycles. The average molecular weight is 346 g/mol. The molecule has 5 nitrogen and oxygen atoms in total. The fraction of sp³-hybridized carbons (Fsp3) is 0.444. The van der Waals surface area contributed by atoms with Crippen LogP contribution in [0.2, 0.25) is 5.15 Å². The van der Waals surface area contributed by atoms with Crippen LogP contribution in [0.4, 0.5) is 11.5 Å². The summed E-state index contributed by atoms with van der Waals surface area (Å²) >= 11 is 5.82. The summed E-state index contributed by atoms with van der Waals surface area (Å²) in [6.45, 7) is 6.56. The summed E-state index contributed by atoms with van der Waals surface area (Å²) in [5, 5.41) is 3.69. The molecule has 1 aromatic heterocycles. The molecule has 0 aliphatic carbocycles. The molecule has 6 heteroatoms. The standard InChI is InChI=1S/C18H24ClN5/c19-17-14-20-15-18(22-17)21-8-4-5-9-23-10-12-24(13-11-23)16-6-2-1-3-7-16/h1-3,6-7,14-15H,4-5,8-13H2,(H,21,22). The second-order valence-electron chi connectivity index (χ2n) is 6.03. The Bertz CT molecular complexity index is 614. The molecule has 1 fully saturated rings. The maximum Gasteiger partial charge on any atom is 0.149 e. The van der Waals surface area contributed by atoms with Crippen LogP contribution < -0.4 is 10.2 Å². The van der Waals surface area contributed by atoms with Crippen molar-refractivity contribution in [2.45, 2.75) is 12.8 Å². The van der Waals surface area contributed by atoms with Crippen molar-refractivity contribution >= 4 is 23.1 Å². The monoisotopic (exact) mass is 345 g/mol. The van der Waals surface area contributed by atoms with Crippen molar-refractivity contribution in [3.05, 3.63) is 47.9 Å². The fourth-order valence-electron chi connectivity index (χ4n) is 2.97. The van der Waals surface area contributed by atoms with Gasteiger partial charge in [-0.25, -0.2) is 4.98 Å². The summed E-state index contributed by atoms with van der Waals surface area (Å²) in [5.74, 6) is 0.749. The lowest BCUT2D eigenvalue weighted by atomic mass is 10.2. The highest BCUT2D eigenvalue weighted by Crippen LogP contribution is 2.15. The molecule has 1 aromatic carbocycles. The van der Waals surface area contributed by atoms with Crippen molar-refractivity contribution in [3.8, 4) is 0 Å². The molecule has 0 saturated carbocycles. The molecule has 128 valence electrons. The van der Waals surface area contributed by atoms with Gasteiger partial charge in [0.05, 0.1) is 12.4 Å². The molecule has 3 rings (SSSR count). The topological polar surface area (TPSA) is 44.3 Å². The Labute approximate surface area is 148 Å². The van der Waals surface area contributed by atoms with Crippen molar-refractivity contribution in [3.63, 3.8) is 0 Å². The van der Waals surface area contributed by atoms with Crippen LogP contribution >= 0.6 is 11.6 Å². The number of halogens is 1. The zero-order chi connectivity index (χ0) is 16.6. The van der Waals surface area contributed by atoms with Gasteiger partial charge >= 0.3 is 0 Å². The van der Waals surface area contributed by atoms with E-state index in [0.29, 0.717) is 5.15 Å². The van der Waals surface area contributed by atoms with Crippen LogP contribution in [0.25, 0.3) is 0 Å². The van der Waals surface area contributed by atoms with Gasteiger partial charge in [-0.1, -0.05) is 29.8 Å². The number of para-hydroxylation sites is 1. The van der Waals surface area contributed by atoms with Crippen LogP contribution in [0.3, 0.4) is 0 Å². The van der Waals surface area contributed by atoms with Gasteiger partial charge in [0.15, 0.2) is 0 Å². The summed E-state index contributed by atoms with van der Waals surface area (Å²) in [7, 11) is 0. The number of piperazine rings is 1. The first-order chi connectivity index (χ1) is 11.8. The Kier molecular flexibility index (Phi) is 6.26. The third kappa shape index (κ3) is 5.08. The van der Waals surface area contributed by atoms with Gasteiger partial charge in [-0.2, -0.15) is 0 Å². The van der Waals surface area contributed by atoms with Crippen LogP contribution in [0.5, 0.6) is 0 Å². The first-order valence-electron chi connectivity index (χ1n) is 8.55. The van der Waals surface area contributed by atoms with Crippen molar-refractivity contribution in [2.75, 3.05) is 49.5 Å². The molecular weight excluding hydrogens is 322 g/mol. The van der Waals surface area contributed by atoms with Crippen LogP contribution in [0.1, 0.15) is 12.8 Å². The number of hydrogen-bond acceptors (Lipinski definition) is 5. The minimum atomic E-state index is 0.427. The number of aromatic nitrogens is 2. The molecule has 0 atom stereocenters. The van der Waals surface area contributed by atoms with Gasteiger partial charge in [0.2, 0.25) is 0 Å². The van der Waals surface area contributed by atoms with E-state index in [2.05, 4.69) is 55.4 Å². The number of rotatable bonds is 7. The van der Waals surface area contributed by atoms with Gasteiger partial charge < -0.3 is 10.2 Å². The second kappa shape index (κ2) is 8.85. The highest BCUT2D eigenvalue weighted by molar-refractivity contribution is 6.29. The molecule has 0 unspecified atom stereocenters. The Balaban J connectivity index is 1.30. The van der Waals surface area contributed by atoms with E-state index in [0.717, 1.165) is 51.5 Å². The van der Waals surface area contributed by atoms with Gasteiger partial charge in [-0.15, -0.1) is 0 Å². The summed E-state index contributed by atoms with van der Waals surface area (Å²) < 4.78 is 0. The van der Waals surface area contributed by atoms with Gasteiger partial charge in [-0.05, 0) is 31.5 Å². The Morgan fingerprint density at radius 3 is 2.54 bits per heavy atom. The average Bonchev–Trinajstić information content (AvgIpc) is 2.63. The fourth-order valence-corrected chi connectivity index (χ4v) is 3.12. The zero-order valence-electron chi connectivity index (χ0n) is 13.9. The quantitative estimate of drug-likeness (QED) is 0.781. The molecule has 24 heavy (non-hydrogen) atoms. The summed E-state index contributed by atoms with van der Waals surface area (Å²) in [6, 6.07) is 10.7. The highest BCUT2D eigenvalue weighted by Gasteiger charge is 2.16. The first kappa shape index (κ1) is 17.0. The second-order valence-corrected chi connectivity index (χ2v) is 6.41. The zero-order valence-corrected chi connectivity index (χ0v) is 14.6. The third-order valence-corrected chi connectivity index (χ3v) is 4.49. The lowest BCUT2D eigenvalue weighted by Crippen LogP contribution is -2.46. The van der Waals surface area contributed by atoms with E-state index >= 15 is 0 Å². The predicted octanol–water partition coefficient (Wildman–Crippen LogP) is 3.14. The van der Waals surface area contributed by atoms with Crippen molar-refractivity contribution in [2.24, 2.45) is 0 Å². The van der Waals surface area contributed by atoms with Gasteiger partial charge in [0.25, 0.3) is 0 Å². The molecule has 1 aliphatic heterocycles. The van der Waals surface area contributed by atoms with E-state index in [9.17, 15) is 0 Å². The molecule has 1 N–H and O–H groups in total. The van der Waals surface area contributed by atoms with E-state index < -0.39 is 0 Å². The Morgan fingerprint density at radius 2 is 1.79 bits per heavy atom.